The quantitative estimate of drug-likeness (QED) is 0.366. The monoisotopic (exact) mass is 308 g/mol. The molecule has 0 heterocycles. The summed E-state index contributed by atoms with van der Waals surface area (Å²) in [4.78, 5) is 0.131. The Hall–Kier alpha value is 0.990. The maximum Gasteiger partial charge on any atom is 1.00 e. The molecule has 2 nitrogen and oxygen atoms in total. The zero-order valence-electron chi connectivity index (χ0n) is 6.21. The van der Waals surface area contributed by atoms with E-state index in [0.29, 0.717) is 3.57 Å². The van der Waals surface area contributed by atoms with Crippen LogP contribution in [0.3, 0.4) is 0 Å². The molecule has 12 heavy (non-hydrogen) atoms. The molecule has 0 N–H and O–H groups in total. The number of hydrogen-bond donors (Lipinski definition) is 0. The van der Waals surface area contributed by atoms with E-state index in [-0.39, 0.29) is 34.5 Å². The number of halogens is 2. The van der Waals surface area contributed by atoms with E-state index in [1.54, 1.807) is 22.6 Å². The predicted octanol–water partition coefficient (Wildman–Crippen LogP) is -1.33. The fourth-order valence-electron chi connectivity index (χ4n) is 0.610. The van der Waals surface area contributed by atoms with Crippen LogP contribution in [0.15, 0.2) is 23.1 Å². The minimum atomic E-state index is -2.27. The van der Waals surface area contributed by atoms with Crippen LogP contribution in [0, 0.1) is 9.39 Å². The first-order valence-electron chi connectivity index (χ1n) is 2.65. The van der Waals surface area contributed by atoms with Gasteiger partial charge in [0, 0.05) is 8.47 Å². The van der Waals surface area contributed by atoms with Crippen LogP contribution < -0.4 is 29.6 Å². The van der Waals surface area contributed by atoms with Crippen LogP contribution >= 0.6 is 22.6 Å². The molecule has 0 aliphatic carbocycles. The van der Waals surface area contributed by atoms with Crippen LogP contribution in [0.2, 0.25) is 0 Å². The Balaban J connectivity index is 0.00000121. The van der Waals surface area contributed by atoms with Crippen LogP contribution in [0.1, 0.15) is 0 Å². The zero-order chi connectivity index (χ0) is 8.43. The smallest absolute Gasteiger partial charge is 0.768 e. The summed E-state index contributed by atoms with van der Waals surface area (Å²) in [5, 5.41) is 0. The third-order valence-electron chi connectivity index (χ3n) is 1.07. The van der Waals surface area contributed by atoms with E-state index in [0.717, 1.165) is 6.07 Å². The van der Waals surface area contributed by atoms with Gasteiger partial charge in [-0.05, 0) is 51.9 Å². The van der Waals surface area contributed by atoms with Gasteiger partial charge in [-0.15, -0.1) is 0 Å². The van der Waals surface area contributed by atoms with Gasteiger partial charge in [0.15, 0.2) is 0 Å². The van der Waals surface area contributed by atoms with Gasteiger partial charge in [-0.1, -0.05) is 0 Å². The molecule has 0 aliphatic heterocycles. The van der Waals surface area contributed by atoms with Crippen molar-refractivity contribution in [3.63, 3.8) is 0 Å². The molecular formula is C6H3FINaO2S. The van der Waals surface area contributed by atoms with Gasteiger partial charge >= 0.3 is 29.6 Å². The van der Waals surface area contributed by atoms with E-state index >= 15 is 0 Å². The van der Waals surface area contributed by atoms with Crippen molar-refractivity contribution in [2.75, 3.05) is 0 Å². The van der Waals surface area contributed by atoms with E-state index in [4.69, 9.17) is 0 Å². The standard InChI is InChI=1S/C6H4FIO2S.Na/c7-4-1-2-6(11(9)10)5(8)3-4;/h1-3H,(H,9,10);/q;+1/p-1. The second-order valence-corrected chi connectivity index (χ2v) is 3.88. The number of rotatable bonds is 1. The second-order valence-electron chi connectivity index (χ2n) is 1.81. The van der Waals surface area contributed by atoms with Crippen LogP contribution in [-0.2, 0) is 11.1 Å². The molecule has 0 aromatic heterocycles. The molecule has 0 radical (unpaired) electrons. The molecule has 0 saturated carbocycles. The normalized spacial score (nSPS) is 11.9. The molecular weight excluding hydrogens is 305 g/mol. The summed E-state index contributed by atoms with van der Waals surface area (Å²) >= 11 is -0.505. The van der Waals surface area contributed by atoms with Gasteiger partial charge in [-0.3, -0.25) is 4.21 Å². The summed E-state index contributed by atoms with van der Waals surface area (Å²) in [6.07, 6.45) is 0. The molecule has 0 amide bonds. The van der Waals surface area contributed by atoms with Crippen LogP contribution in [-0.4, -0.2) is 8.76 Å². The van der Waals surface area contributed by atoms with E-state index in [2.05, 4.69) is 0 Å². The van der Waals surface area contributed by atoms with Crippen LogP contribution in [0.25, 0.3) is 0 Å². The molecule has 0 bridgehead atoms. The average Bonchev–Trinajstić information content (AvgIpc) is 1.85. The van der Waals surface area contributed by atoms with Crippen molar-refractivity contribution in [1.29, 1.82) is 0 Å². The Morgan fingerprint density at radius 3 is 2.50 bits per heavy atom. The zero-order valence-corrected chi connectivity index (χ0v) is 11.2. The van der Waals surface area contributed by atoms with Crippen molar-refractivity contribution in [1.82, 2.24) is 0 Å². The number of benzene rings is 1. The third kappa shape index (κ3) is 3.39. The molecule has 60 valence electrons. The van der Waals surface area contributed by atoms with Gasteiger partial charge in [0.25, 0.3) is 0 Å². The predicted molar refractivity (Wildman–Crippen MR) is 46.3 cm³/mol. The summed E-state index contributed by atoms with van der Waals surface area (Å²) in [5.41, 5.74) is 0. The van der Waals surface area contributed by atoms with Gasteiger partial charge in [-0.2, -0.15) is 0 Å². The molecule has 0 fully saturated rings. The van der Waals surface area contributed by atoms with Gasteiger partial charge < -0.3 is 4.55 Å². The van der Waals surface area contributed by atoms with Gasteiger partial charge in [0.1, 0.15) is 5.82 Å². The maximum absolute atomic E-state index is 12.4. The van der Waals surface area contributed by atoms with Crippen molar-refractivity contribution >= 4 is 33.7 Å². The van der Waals surface area contributed by atoms with E-state index < -0.39 is 16.9 Å². The molecule has 1 rings (SSSR count). The Labute approximate surface area is 108 Å². The van der Waals surface area contributed by atoms with Gasteiger partial charge in [0.05, 0.1) is 0 Å². The van der Waals surface area contributed by atoms with Crippen molar-refractivity contribution in [3.8, 4) is 0 Å². The second kappa shape index (κ2) is 5.66. The minimum absolute atomic E-state index is 0. The number of hydrogen-bond acceptors (Lipinski definition) is 2. The van der Waals surface area contributed by atoms with Crippen LogP contribution in [0.4, 0.5) is 4.39 Å². The maximum atomic E-state index is 12.4. The van der Waals surface area contributed by atoms with Crippen molar-refractivity contribution < 1.29 is 42.7 Å². The van der Waals surface area contributed by atoms with Gasteiger partial charge in [0.2, 0.25) is 0 Å². The SMILES string of the molecule is O=S([O-])c1ccc(F)cc1I.[Na+]. The topological polar surface area (TPSA) is 40.1 Å². The summed E-state index contributed by atoms with van der Waals surface area (Å²) < 4.78 is 33.6. The first-order chi connectivity index (χ1) is 5.11. The first kappa shape index (κ1) is 13.0. The summed E-state index contributed by atoms with van der Waals surface area (Å²) in [6, 6.07) is 3.53. The van der Waals surface area contributed by atoms with E-state index in [1.165, 1.54) is 12.1 Å². The molecule has 1 aromatic carbocycles. The molecule has 1 atom stereocenters. The van der Waals surface area contributed by atoms with E-state index in [1.807, 2.05) is 0 Å². The third-order valence-corrected chi connectivity index (χ3v) is 3.05. The molecule has 1 unspecified atom stereocenters. The summed E-state index contributed by atoms with van der Waals surface area (Å²) in [6.45, 7) is 0. The van der Waals surface area contributed by atoms with Crippen molar-refractivity contribution in [2.45, 2.75) is 4.90 Å². The fourth-order valence-corrected chi connectivity index (χ4v) is 2.02. The average molecular weight is 308 g/mol. The molecule has 0 aliphatic rings. The minimum Gasteiger partial charge on any atom is -0.768 e. The Morgan fingerprint density at radius 2 is 2.08 bits per heavy atom. The first-order valence-corrected chi connectivity index (χ1v) is 4.81. The Kier molecular flexibility index (Phi) is 6.13. The van der Waals surface area contributed by atoms with Crippen LogP contribution in [0.5, 0.6) is 0 Å². The Bertz CT molecular complexity index is 308. The van der Waals surface area contributed by atoms with E-state index in [9.17, 15) is 13.2 Å². The summed E-state index contributed by atoms with van der Waals surface area (Å²) in [5.74, 6) is -0.427. The van der Waals surface area contributed by atoms with Crippen molar-refractivity contribution in [2.24, 2.45) is 0 Å². The fraction of sp³-hybridized carbons (Fsp3) is 0. The summed E-state index contributed by atoms with van der Waals surface area (Å²) in [7, 11) is 0. The Morgan fingerprint density at radius 1 is 1.50 bits per heavy atom. The van der Waals surface area contributed by atoms with Gasteiger partial charge in [-0.25, -0.2) is 4.39 Å². The molecule has 1 aromatic rings. The molecule has 0 spiro atoms. The molecule has 6 heteroatoms. The van der Waals surface area contributed by atoms with Crippen molar-refractivity contribution in [3.05, 3.63) is 27.6 Å². The largest absolute Gasteiger partial charge is 1.00 e. The molecule has 0 saturated heterocycles.